The van der Waals surface area contributed by atoms with Crippen LogP contribution in [0, 0.1) is 0 Å². The average Bonchev–Trinajstić information content (AvgIpc) is 3.29. The number of nitrogens with zero attached hydrogens (tertiary/aromatic N) is 2. The summed E-state index contributed by atoms with van der Waals surface area (Å²) in [6, 6.07) is 30.2. The second kappa shape index (κ2) is 8.55. The number of rotatable bonds is 5. The predicted molar refractivity (Wildman–Crippen MR) is 127 cm³/mol. The van der Waals surface area contributed by atoms with Crippen molar-refractivity contribution in [2.75, 3.05) is 7.11 Å². The molecule has 3 heterocycles. The Morgan fingerprint density at radius 2 is 1.52 bits per heavy atom. The molecule has 3 aromatic heterocycles. The Balaban J connectivity index is 1.65. The third-order valence-corrected chi connectivity index (χ3v) is 5.61. The van der Waals surface area contributed by atoms with Crippen LogP contribution in [0.3, 0.4) is 0 Å². The number of aromatic nitrogens is 2. The molecule has 0 aliphatic rings. The van der Waals surface area contributed by atoms with Crippen molar-refractivity contribution in [3.63, 3.8) is 0 Å². The topological polar surface area (TPSA) is 60.7 Å². The fourth-order valence-electron chi connectivity index (χ4n) is 4.00. The molecule has 0 aliphatic heterocycles. The zero-order valence-corrected chi connectivity index (χ0v) is 17.9. The van der Waals surface area contributed by atoms with Crippen LogP contribution in [0.2, 0.25) is 0 Å². The van der Waals surface area contributed by atoms with Crippen molar-refractivity contribution in [1.82, 2.24) is 9.38 Å². The van der Waals surface area contributed by atoms with Gasteiger partial charge in [-0.2, -0.15) is 0 Å². The van der Waals surface area contributed by atoms with E-state index in [0.29, 0.717) is 33.7 Å². The molecule has 0 bridgehead atoms. The van der Waals surface area contributed by atoms with Gasteiger partial charge in [-0.05, 0) is 41.5 Å². The Bertz CT molecular complexity index is 1450. The number of ether oxygens (including phenoxy) is 1. The highest BCUT2D eigenvalue weighted by Gasteiger charge is 2.23. The SMILES string of the molecule is COC(=O)c1cc(C(=O)c2ccc(-c3ccccc3)cc2)n2c(-c3ccccn3)cccc12. The first-order valence-electron chi connectivity index (χ1n) is 10.5. The Morgan fingerprint density at radius 3 is 2.21 bits per heavy atom. The van der Waals surface area contributed by atoms with E-state index >= 15 is 0 Å². The van der Waals surface area contributed by atoms with E-state index in [1.807, 2.05) is 84.9 Å². The largest absolute Gasteiger partial charge is 0.465 e. The molecule has 2 aromatic carbocycles. The fourth-order valence-corrected chi connectivity index (χ4v) is 4.00. The second-order valence-electron chi connectivity index (χ2n) is 7.55. The van der Waals surface area contributed by atoms with Crippen molar-refractivity contribution in [3.8, 4) is 22.5 Å². The van der Waals surface area contributed by atoms with Crippen molar-refractivity contribution in [3.05, 3.63) is 120 Å². The van der Waals surface area contributed by atoms with Gasteiger partial charge in [0.15, 0.2) is 0 Å². The molecule has 5 rings (SSSR count). The summed E-state index contributed by atoms with van der Waals surface area (Å²) in [6.45, 7) is 0. The van der Waals surface area contributed by atoms with Gasteiger partial charge in [-0.25, -0.2) is 4.79 Å². The number of hydrogen-bond acceptors (Lipinski definition) is 4. The summed E-state index contributed by atoms with van der Waals surface area (Å²) in [7, 11) is 1.33. The maximum absolute atomic E-state index is 13.6. The standard InChI is InChI=1S/C28H20N2O3/c1-33-28(32)22-18-26(30-24(22)11-7-12-25(30)23-10-5-6-17-29-23)27(31)21-15-13-20(14-16-21)19-8-3-2-4-9-19/h2-18H,1H3. The molecule has 0 amide bonds. The predicted octanol–water partition coefficient (Wildman–Crippen LogP) is 5.69. The minimum absolute atomic E-state index is 0.192. The van der Waals surface area contributed by atoms with E-state index < -0.39 is 5.97 Å². The molecule has 5 heteroatoms. The monoisotopic (exact) mass is 432 g/mol. The van der Waals surface area contributed by atoms with Crippen LogP contribution < -0.4 is 0 Å². The van der Waals surface area contributed by atoms with Crippen LogP contribution in [0.1, 0.15) is 26.4 Å². The summed E-state index contributed by atoms with van der Waals surface area (Å²) < 4.78 is 6.75. The molecule has 0 fully saturated rings. The zero-order valence-electron chi connectivity index (χ0n) is 17.9. The van der Waals surface area contributed by atoms with Gasteiger partial charge < -0.3 is 9.14 Å². The molecule has 33 heavy (non-hydrogen) atoms. The molecule has 0 saturated carbocycles. The van der Waals surface area contributed by atoms with Gasteiger partial charge in [0, 0.05) is 11.8 Å². The van der Waals surface area contributed by atoms with Gasteiger partial charge in [0.25, 0.3) is 0 Å². The highest BCUT2D eigenvalue weighted by Crippen LogP contribution is 2.28. The quantitative estimate of drug-likeness (QED) is 0.265. The molecular weight excluding hydrogens is 412 g/mol. The van der Waals surface area contributed by atoms with Gasteiger partial charge in [-0.15, -0.1) is 0 Å². The van der Waals surface area contributed by atoms with Gasteiger partial charge >= 0.3 is 5.97 Å². The molecule has 160 valence electrons. The number of esters is 1. The van der Waals surface area contributed by atoms with E-state index in [-0.39, 0.29) is 5.78 Å². The maximum atomic E-state index is 13.6. The highest BCUT2D eigenvalue weighted by atomic mass is 16.5. The Kier molecular flexibility index (Phi) is 5.29. The lowest BCUT2D eigenvalue weighted by Crippen LogP contribution is -2.07. The van der Waals surface area contributed by atoms with Crippen molar-refractivity contribution >= 4 is 17.3 Å². The molecule has 0 saturated heterocycles. The van der Waals surface area contributed by atoms with Gasteiger partial charge in [0.05, 0.1) is 35.3 Å². The average molecular weight is 432 g/mol. The van der Waals surface area contributed by atoms with Crippen molar-refractivity contribution in [2.24, 2.45) is 0 Å². The normalized spacial score (nSPS) is 10.8. The third kappa shape index (κ3) is 3.70. The van der Waals surface area contributed by atoms with Crippen LogP contribution in [0.15, 0.2) is 103 Å². The number of hydrogen-bond donors (Lipinski definition) is 0. The number of carbonyl (C=O) groups excluding carboxylic acids is 2. The van der Waals surface area contributed by atoms with Crippen LogP contribution in [0.25, 0.3) is 28.0 Å². The van der Waals surface area contributed by atoms with Crippen molar-refractivity contribution in [2.45, 2.75) is 0 Å². The fraction of sp³-hybridized carbons (Fsp3) is 0.0357. The molecular formula is C28H20N2O3. The highest BCUT2D eigenvalue weighted by molar-refractivity contribution is 6.12. The van der Waals surface area contributed by atoms with E-state index in [4.69, 9.17) is 4.74 Å². The van der Waals surface area contributed by atoms with Crippen LogP contribution >= 0.6 is 0 Å². The van der Waals surface area contributed by atoms with E-state index in [9.17, 15) is 9.59 Å². The molecule has 5 nitrogen and oxygen atoms in total. The molecule has 5 aromatic rings. The first-order valence-corrected chi connectivity index (χ1v) is 10.5. The smallest absolute Gasteiger partial charge is 0.340 e. The summed E-state index contributed by atoms with van der Waals surface area (Å²) in [5.41, 5.74) is 5.34. The molecule has 0 spiro atoms. The number of carbonyl (C=O) groups is 2. The zero-order chi connectivity index (χ0) is 22.8. The van der Waals surface area contributed by atoms with Crippen LogP contribution in [0.4, 0.5) is 0 Å². The second-order valence-corrected chi connectivity index (χ2v) is 7.55. The van der Waals surface area contributed by atoms with Crippen LogP contribution in [0.5, 0.6) is 0 Å². The van der Waals surface area contributed by atoms with Crippen LogP contribution in [-0.2, 0) is 4.74 Å². The summed E-state index contributed by atoms with van der Waals surface area (Å²) in [4.78, 5) is 30.6. The van der Waals surface area contributed by atoms with Crippen molar-refractivity contribution < 1.29 is 14.3 Å². The summed E-state index contributed by atoms with van der Waals surface area (Å²) in [5.74, 6) is -0.688. The number of methoxy groups -OCH3 is 1. The lowest BCUT2D eigenvalue weighted by Gasteiger charge is -2.10. The first kappa shape index (κ1) is 20.4. The van der Waals surface area contributed by atoms with E-state index in [2.05, 4.69) is 4.98 Å². The van der Waals surface area contributed by atoms with Crippen molar-refractivity contribution in [1.29, 1.82) is 0 Å². The molecule has 0 unspecified atom stereocenters. The Morgan fingerprint density at radius 1 is 0.788 bits per heavy atom. The number of fused-ring (bicyclic) bond motifs is 1. The summed E-state index contributed by atoms with van der Waals surface area (Å²) >= 11 is 0. The molecule has 0 radical (unpaired) electrons. The lowest BCUT2D eigenvalue weighted by molar-refractivity contribution is 0.0603. The maximum Gasteiger partial charge on any atom is 0.340 e. The van der Waals surface area contributed by atoms with E-state index in [1.54, 1.807) is 22.7 Å². The van der Waals surface area contributed by atoms with Gasteiger partial charge in [0.1, 0.15) is 0 Å². The van der Waals surface area contributed by atoms with Gasteiger partial charge in [0.2, 0.25) is 5.78 Å². The van der Waals surface area contributed by atoms with E-state index in [0.717, 1.165) is 11.1 Å². The minimum Gasteiger partial charge on any atom is -0.465 e. The lowest BCUT2D eigenvalue weighted by atomic mass is 10.0. The number of ketones is 1. The summed E-state index contributed by atoms with van der Waals surface area (Å²) in [6.07, 6.45) is 1.70. The van der Waals surface area contributed by atoms with Gasteiger partial charge in [-0.3, -0.25) is 9.78 Å². The molecule has 0 N–H and O–H groups in total. The number of benzene rings is 2. The molecule has 0 aliphatic carbocycles. The van der Waals surface area contributed by atoms with Gasteiger partial charge in [-0.1, -0.05) is 66.7 Å². The van der Waals surface area contributed by atoms with E-state index in [1.165, 1.54) is 7.11 Å². The third-order valence-electron chi connectivity index (χ3n) is 5.61. The Hall–Kier alpha value is -4.51. The van der Waals surface area contributed by atoms with Crippen LogP contribution in [-0.4, -0.2) is 28.2 Å². The summed E-state index contributed by atoms with van der Waals surface area (Å²) in [5, 5.41) is 0. The molecule has 0 atom stereocenters. The Labute approximate surface area is 190 Å². The number of pyridine rings is 2. The first-order chi connectivity index (χ1) is 16.2. The minimum atomic E-state index is -0.496.